The smallest absolute Gasteiger partial charge is 0.352 e. The van der Waals surface area contributed by atoms with Crippen LogP contribution in [0.25, 0.3) is 0 Å². The van der Waals surface area contributed by atoms with Crippen molar-refractivity contribution < 1.29 is 18.7 Å². The number of nitrogens with one attached hydrogen (secondary N) is 1. The first kappa shape index (κ1) is 8.70. The molecule has 5 heteroatoms. The zero-order valence-electron chi connectivity index (χ0n) is 6.27. The van der Waals surface area contributed by atoms with E-state index in [-0.39, 0.29) is 11.4 Å². The number of aromatic amines is 1. The van der Waals surface area contributed by atoms with Gasteiger partial charge in [-0.15, -0.1) is 0 Å². The van der Waals surface area contributed by atoms with Crippen LogP contribution in [0.5, 0.6) is 0 Å². The van der Waals surface area contributed by atoms with E-state index in [0.29, 0.717) is 5.56 Å². The van der Waals surface area contributed by atoms with Crippen molar-refractivity contribution in [1.29, 1.82) is 0 Å². The summed E-state index contributed by atoms with van der Waals surface area (Å²) in [4.78, 5) is 12.5. The van der Waals surface area contributed by atoms with Gasteiger partial charge in [-0.3, -0.25) is 0 Å². The Bertz CT molecular complexity index is 306. The standard InChI is InChI=1S/C7H7F2NO2/c1-3-2-4(6(8)9)10-5(3)7(11)12/h2,6,10H,1H3,(H,11,12). The number of rotatable bonds is 2. The summed E-state index contributed by atoms with van der Waals surface area (Å²) in [5.41, 5.74) is -0.215. The van der Waals surface area contributed by atoms with Gasteiger partial charge in [-0.25, -0.2) is 13.6 Å². The molecule has 0 saturated heterocycles. The first-order chi connectivity index (χ1) is 5.52. The molecule has 2 N–H and O–H groups in total. The summed E-state index contributed by atoms with van der Waals surface area (Å²) in [6.45, 7) is 1.46. The molecule has 1 aromatic rings. The molecule has 66 valence electrons. The Morgan fingerprint density at radius 2 is 2.25 bits per heavy atom. The molecule has 0 aliphatic heterocycles. The molecule has 1 aromatic heterocycles. The van der Waals surface area contributed by atoms with Crippen molar-refractivity contribution in [3.8, 4) is 0 Å². The summed E-state index contributed by atoms with van der Waals surface area (Å²) in [6.07, 6.45) is -2.66. The van der Waals surface area contributed by atoms with Crippen LogP contribution in [-0.4, -0.2) is 16.1 Å². The number of aromatic carboxylic acids is 1. The highest BCUT2D eigenvalue weighted by atomic mass is 19.3. The van der Waals surface area contributed by atoms with E-state index >= 15 is 0 Å². The fourth-order valence-electron chi connectivity index (χ4n) is 0.924. The van der Waals surface area contributed by atoms with Crippen LogP contribution in [0.3, 0.4) is 0 Å². The molecule has 0 bridgehead atoms. The largest absolute Gasteiger partial charge is 0.477 e. The maximum atomic E-state index is 12.0. The van der Waals surface area contributed by atoms with Gasteiger partial charge in [-0.1, -0.05) is 0 Å². The average molecular weight is 175 g/mol. The molecule has 0 aliphatic carbocycles. The SMILES string of the molecule is Cc1cc(C(F)F)[nH]c1C(=O)O. The number of hydrogen-bond donors (Lipinski definition) is 2. The van der Waals surface area contributed by atoms with Crippen molar-refractivity contribution in [3.05, 3.63) is 23.0 Å². The van der Waals surface area contributed by atoms with Crippen LogP contribution in [0, 0.1) is 6.92 Å². The van der Waals surface area contributed by atoms with E-state index in [9.17, 15) is 13.6 Å². The summed E-state index contributed by atoms with van der Waals surface area (Å²) in [7, 11) is 0. The van der Waals surface area contributed by atoms with E-state index in [2.05, 4.69) is 4.98 Å². The van der Waals surface area contributed by atoms with Crippen LogP contribution in [0.2, 0.25) is 0 Å². The Labute approximate surface area is 67.0 Å². The van der Waals surface area contributed by atoms with Gasteiger partial charge in [0.15, 0.2) is 0 Å². The fourth-order valence-corrected chi connectivity index (χ4v) is 0.924. The van der Waals surface area contributed by atoms with Crippen LogP contribution in [0.15, 0.2) is 6.07 Å². The fraction of sp³-hybridized carbons (Fsp3) is 0.286. The van der Waals surface area contributed by atoms with Gasteiger partial charge in [-0.2, -0.15) is 0 Å². The number of H-pyrrole nitrogens is 1. The molecule has 0 spiro atoms. The molecular weight excluding hydrogens is 168 g/mol. The van der Waals surface area contributed by atoms with E-state index in [1.54, 1.807) is 0 Å². The minimum atomic E-state index is -2.66. The topological polar surface area (TPSA) is 53.1 Å². The summed E-state index contributed by atoms with van der Waals surface area (Å²) < 4.78 is 24.0. The quantitative estimate of drug-likeness (QED) is 0.721. The molecule has 1 rings (SSSR count). The first-order valence-corrected chi connectivity index (χ1v) is 3.23. The van der Waals surface area contributed by atoms with Crippen LogP contribution in [-0.2, 0) is 0 Å². The summed E-state index contributed by atoms with van der Waals surface area (Å²) in [5.74, 6) is -1.22. The predicted molar refractivity (Wildman–Crippen MR) is 37.4 cm³/mol. The molecule has 3 nitrogen and oxygen atoms in total. The summed E-state index contributed by atoms with van der Waals surface area (Å²) in [5, 5.41) is 8.48. The van der Waals surface area contributed by atoms with Gasteiger partial charge in [0.1, 0.15) is 5.69 Å². The van der Waals surface area contributed by atoms with Gasteiger partial charge in [0.05, 0.1) is 5.69 Å². The van der Waals surface area contributed by atoms with Gasteiger partial charge >= 0.3 is 5.97 Å². The highest BCUT2D eigenvalue weighted by Crippen LogP contribution is 2.20. The lowest BCUT2D eigenvalue weighted by atomic mass is 10.2. The third-order valence-corrected chi connectivity index (χ3v) is 1.48. The van der Waals surface area contributed by atoms with Crippen LogP contribution in [0.1, 0.15) is 28.2 Å². The van der Waals surface area contributed by atoms with E-state index in [4.69, 9.17) is 5.11 Å². The maximum Gasteiger partial charge on any atom is 0.352 e. The van der Waals surface area contributed by atoms with E-state index < -0.39 is 12.4 Å². The van der Waals surface area contributed by atoms with Crippen molar-refractivity contribution in [2.75, 3.05) is 0 Å². The number of halogens is 2. The molecule has 0 aliphatic rings. The minimum absolute atomic E-state index is 0.176. The number of alkyl halides is 2. The molecule has 0 radical (unpaired) electrons. The zero-order chi connectivity index (χ0) is 9.30. The lowest BCUT2D eigenvalue weighted by Gasteiger charge is -1.91. The molecule has 0 unspecified atom stereocenters. The second kappa shape index (κ2) is 2.92. The lowest BCUT2D eigenvalue weighted by molar-refractivity contribution is 0.0689. The number of carboxylic acid groups (broad SMARTS) is 1. The number of aromatic nitrogens is 1. The van der Waals surface area contributed by atoms with Crippen molar-refractivity contribution in [1.82, 2.24) is 4.98 Å². The number of carbonyl (C=O) groups is 1. The normalized spacial score (nSPS) is 10.7. The lowest BCUT2D eigenvalue weighted by Crippen LogP contribution is -1.98. The van der Waals surface area contributed by atoms with E-state index in [1.807, 2.05) is 0 Å². The Hall–Kier alpha value is -1.39. The molecule has 0 amide bonds. The van der Waals surface area contributed by atoms with Gasteiger partial charge in [0, 0.05) is 0 Å². The zero-order valence-corrected chi connectivity index (χ0v) is 6.27. The predicted octanol–water partition coefficient (Wildman–Crippen LogP) is 1.96. The van der Waals surface area contributed by atoms with E-state index in [0.717, 1.165) is 6.07 Å². The van der Waals surface area contributed by atoms with Crippen LogP contribution < -0.4 is 0 Å². The molecule has 0 atom stereocenters. The Morgan fingerprint density at radius 3 is 2.50 bits per heavy atom. The summed E-state index contributed by atoms with van der Waals surface area (Å²) >= 11 is 0. The second-order valence-corrected chi connectivity index (χ2v) is 2.39. The van der Waals surface area contributed by atoms with Gasteiger partial charge < -0.3 is 10.1 Å². The average Bonchev–Trinajstić information content (AvgIpc) is 2.30. The Kier molecular flexibility index (Phi) is 2.12. The van der Waals surface area contributed by atoms with Crippen molar-refractivity contribution in [3.63, 3.8) is 0 Å². The highest BCUT2D eigenvalue weighted by Gasteiger charge is 2.15. The van der Waals surface area contributed by atoms with Crippen molar-refractivity contribution in [2.45, 2.75) is 13.3 Å². The summed E-state index contributed by atoms with van der Waals surface area (Å²) in [6, 6.07) is 1.13. The van der Waals surface area contributed by atoms with Crippen LogP contribution >= 0.6 is 0 Å². The maximum absolute atomic E-state index is 12.0. The Balaban J connectivity index is 3.09. The molecular formula is C7H7F2NO2. The second-order valence-electron chi connectivity index (χ2n) is 2.39. The third-order valence-electron chi connectivity index (χ3n) is 1.48. The number of hydrogen-bond acceptors (Lipinski definition) is 1. The molecule has 0 saturated carbocycles. The van der Waals surface area contributed by atoms with Crippen molar-refractivity contribution in [2.24, 2.45) is 0 Å². The molecule has 0 aromatic carbocycles. The molecule has 12 heavy (non-hydrogen) atoms. The van der Waals surface area contributed by atoms with Crippen LogP contribution in [0.4, 0.5) is 8.78 Å². The third kappa shape index (κ3) is 1.44. The monoisotopic (exact) mass is 175 g/mol. The van der Waals surface area contributed by atoms with Gasteiger partial charge in [0.25, 0.3) is 6.43 Å². The van der Waals surface area contributed by atoms with Gasteiger partial charge in [0.2, 0.25) is 0 Å². The highest BCUT2D eigenvalue weighted by molar-refractivity contribution is 5.87. The molecule has 1 heterocycles. The first-order valence-electron chi connectivity index (χ1n) is 3.23. The molecule has 0 fully saturated rings. The minimum Gasteiger partial charge on any atom is -0.477 e. The number of aryl methyl sites for hydroxylation is 1. The number of carboxylic acids is 1. The van der Waals surface area contributed by atoms with Crippen molar-refractivity contribution >= 4 is 5.97 Å². The van der Waals surface area contributed by atoms with Gasteiger partial charge in [-0.05, 0) is 18.6 Å². The van der Waals surface area contributed by atoms with E-state index in [1.165, 1.54) is 6.92 Å². The Morgan fingerprint density at radius 1 is 1.67 bits per heavy atom.